The van der Waals surface area contributed by atoms with E-state index in [4.69, 9.17) is 4.74 Å². The normalized spacial score (nSPS) is 53.5. The minimum absolute atomic E-state index is 0.135. The number of epoxide rings is 1. The Morgan fingerprint density at radius 3 is 2.55 bits per heavy atom. The first-order valence-electron chi connectivity index (χ1n) is 4.29. The van der Waals surface area contributed by atoms with Crippen LogP contribution < -0.4 is 0 Å². The van der Waals surface area contributed by atoms with Crippen LogP contribution in [0.25, 0.3) is 0 Å². The fourth-order valence-electron chi connectivity index (χ4n) is 2.53. The maximum atomic E-state index is 9.90. The van der Waals surface area contributed by atoms with E-state index in [9.17, 15) is 5.11 Å². The molecule has 2 heteroatoms. The first kappa shape index (κ1) is 7.56. The van der Waals surface area contributed by atoms with Gasteiger partial charge in [0.1, 0.15) is 6.10 Å². The minimum atomic E-state index is -0.577. The number of hydrogen-bond acceptors (Lipinski definition) is 2. The summed E-state index contributed by atoms with van der Waals surface area (Å²) in [6, 6.07) is 0. The molecule has 0 amide bonds. The van der Waals surface area contributed by atoms with E-state index in [1.165, 1.54) is 0 Å². The van der Waals surface area contributed by atoms with Gasteiger partial charge in [0.15, 0.2) is 0 Å². The summed E-state index contributed by atoms with van der Waals surface area (Å²) in [7, 11) is 0. The van der Waals surface area contributed by atoms with Crippen LogP contribution in [0.3, 0.4) is 0 Å². The van der Waals surface area contributed by atoms with E-state index in [0.717, 1.165) is 12.8 Å². The number of ether oxygens (including phenoxy) is 1. The van der Waals surface area contributed by atoms with E-state index in [1.54, 1.807) is 0 Å². The van der Waals surface area contributed by atoms with Gasteiger partial charge in [-0.2, -0.15) is 0 Å². The highest BCUT2D eigenvalue weighted by atomic mass is 16.6. The molecular weight excluding hydrogens is 140 g/mol. The van der Waals surface area contributed by atoms with E-state index in [-0.39, 0.29) is 11.5 Å². The third kappa shape index (κ3) is 1.18. The van der Waals surface area contributed by atoms with Crippen molar-refractivity contribution >= 4 is 0 Å². The van der Waals surface area contributed by atoms with Crippen molar-refractivity contribution in [3.05, 3.63) is 0 Å². The highest BCUT2D eigenvalue weighted by Gasteiger charge is 2.58. The van der Waals surface area contributed by atoms with Gasteiger partial charge in [-0.25, -0.2) is 0 Å². The first-order valence-corrected chi connectivity index (χ1v) is 4.29. The maximum Gasteiger partial charge on any atom is 0.113 e. The molecule has 0 bridgehead atoms. The molecular formula is C9H16O2. The zero-order chi connectivity index (χ0) is 8.28. The predicted octanol–water partition coefficient (Wildman–Crippen LogP) is 1.32. The lowest BCUT2D eigenvalue weighted by Crippen LogP contribution is -2.42. The molecule has 1 saturated heterocycles. The first-order chi connectivity index (χ1) is 4.91. The lowest BCUT2D eigenvalue weighted by atomic mass is 9.71. The Balaban J connectivity index is 2.16. The molecule has 3 atom stereocenters. The van der Waals surface area contributed by atoms with Crippen LogP contribution in [0.2, 0.25) is 0 Å². The van der Waals surface area contributed by atoms with Crippen LogP contribution in [0.1, 0.15) is 33.6 Å². The van der Waals surface area contributed by atoms with Gasteiger partial charge < -0.3 is 9.84 Å². The molecule has 2 nitrogen and oxygen atoms in total. The molecule has 2 fully saturated rings. The zero-order valence-corrected chi connectivity index (χ0v) is 7.42. The minimum Gasteiger partial charge on any atom is -0.387 e. The molecule has 1 aliphatic carbocycles. The van der Waals surface area contributed by atoms with Crippen LogP contribution in [-0.4, -0.2) is 22.9 Å². The number of aliphatic hydroxyl groups is 1. The molecule has 0 aromatic carbocycles. The van der Waals surface area contributed by atoms with Crippen molar-refractivity contribution < 1.29 is 9.84 Å². The summed E-state index contributed by atoms with van der Waals surface area (Å²) in [5, 5.41) is 9.90. The van der Waals surface area contributed by atoms with Crippen molar-refractivity contribution in [2.45, 2.75) is 51.4 Å². The van der Waals surface area contributed by atoms with Crippen molar-refractivity contribution in [3.63, 3.8) is 0 Å². The number of rotatable bonds is 0. The molecule has 0 aromatic rings. The summed E-state index contributed by atoms with van der Waals surface area (Å²) >= 11 is 0. The zero-order valence-electron chi connectivity index (χ0n) is 7.42. The summed E-state index contributed by atoms with van der Waals surface area (Å²) < 4.78 is 5.38. The summed E-state index contributed by atoms with van der Waals surface area (Å²) in [4.78, 5) is 0. The van der Waals surface area contributed by atoms with E-state index in [1.807, 2.05) is 6.92 Å². The van der Waals surface area contributed by atoms with Gasteiger partial charge in [0.05, 0.1) is 11.7 Å². The summed E-state index contributed by atoms with van der Waals surface area (Å²) in [5.41, 5.74) is -0.326. The largest absolute Gasteiger partial charge is 0.387 e. The van der Waals surface area contributed by atoms with Gasteiger partial charge >= 0.3 is 0 Å². The molecule has 2 rings (SSSR count). The van der Waals surface area contributed by atoms with Crippen LogP contribution in [0.15, 0.2) is 0 Å². The average molecular weight is 156 g/mol. The van der Waals surface area contributed by atoms with E-state index in [2.05, 4.69) is 13.8 Å². The monoisotopic (exact) mass is 156 g/mol. The standard InChI is InChI=1S/C9H16O2/c1-8(2)4-6-7(11-6)9(3,10)5-8/h6-7,10H,4-5H2,1-3H3/t6-,7-,9+/m0/s1. The Bertz CT molecular complexity index is 184. The fourth-order valence-corrected chi connectivity index (χ4v) is 2.53. The molecule has 11 heavy (non-hydrogen) atoms. The van der Waals surface area contributed by atoms with Gasteiger partial charge in [0.2, 0.25) is 0 Å². The Labute approximate surface area is 67.6 Å². The molecule has 0 radical (unpaired) electrons. The van der Waals surface area contributed by atoms with Gasteiger partial charge in [-0.05, 0) is 25.2 Å². The van der Waals surface area contributed by atoms with E-state index < -0.39 is 5.60 Å². The second-order valence-corrected chi connectivity index (χ2v) is 5.00. The highest BCUT2D eigenvalue weighted by molar-refractivity contribution is 5.07. The van der Waals surface area contributed by atoms with Gasteiger partial charge in [-0.3, -0.25) is 0 Å². The summed E-state index contributed by atoms with van der Waals surface area (Å²) in [5.74, 6) is 0. The molecule has 1 N–H and O–H groups in total. The van der Waals surface area contributed by atoms with Crippen LogP contribution >= 0.6 is 0 Å². The van der Waals surface area contributed by atoms with Gasteiger partial charge in [0.25, 0.3) is 0 Å². The smallest absolute Gasteiger partial charge is 0.113 e. The van der Waals surface area contributed by atoms with E-state index in [0.29, 0.717) is 6.10 Å². The van der Waals surface area contributed by atoms with Gasteiger partial charge in [-0.15, -0.1) is 0 Å². The maximum absolute atomic E-state index is 9.90. The predicted molar refractivity (Wildman–Crippen MR) is 42.3 cm³/mol. The molecule has 0 aromatic heterocycles. The fraction of sp³-hybridized carbons (Fsp3) is 1.00. The lowest BCUT2D eigenvalue weighted by molar-refractivity contribution is -0.0166. The Morgan fingerprint density at radius 1 is 1.36 bits per heavy atom. The number of fused-ring (bicyclic) bond motifs is 1. The van der Waals surface area contributed by atoms with Crippen molar-refractivity contribution in [1.82, 2.24) is 0 Å². The molecule has 2 aliphatic rings. The molecule has 64 valence electrons. The second kappa shape index (κ2) is 1.80. The third-order valence-electron chi connectivity index (χ3n) is 2.79. The molecule has 0 unspecified atom stereocenters. The SMILES string of the molecule is CC1(C)C[C@@H]2O[C@@H]2[C@](C)(O)C1. The van der Waals surface area contributed by atoms with Crippen molar-refractivity contribution in [1.29, 1.82) is 0 Å². The van der Waals surface area contributed by atoms with Crippen molar-refractivity contribution in [3.8, 4) is 0 Å². The summed E-state index contributed by atoms with van der Waals surface area (Å²) in [6.45, 7) is 6.28. The summed E-state index contributed by atoms with van der Waals surface area (Å²) in [6.07, 6.45) is 2.44. The van der Waals surface area contributed by atoms with Crippen molar-refractivity contribution in [2.24, 2.45) is 5.41 Å². The van der Waals surface area contributed by atoms with Gasteiger partial charge in [-0.1, -0.05) is 13.8 Å². The Hall–Kier alpha value is -0.0800. The Kier molecular flexibility index (Phi) is 1.24. The third-order valence-corrected chi connectivity index (χ3v) is 2.79. The highest BCUT2D eigenvalue weighted by Crippen LogP contribution is 2.50. The van der Waals surface area contributed by atoms with Crippen molar-refractivity contribution in [2.75, 3.05) is 0 Å². The van der Waals surface area contributed by atoms with Crippen LogP contribution in [0, 0.1) is 5.41 Å². The van der Waals surface area contributed by atoms with E-state index >= 15 is 0 Å². The molecule has 1 heterocycles. The molecule has 1 saturated carbocycles. The van der Waals surface area contributed by atoms with Crippen LogP contribution in [0.5, 0.6) is 0 Å². The average Bonchev–Trinajstić information content (AvgIpc) is 2.37. The second-order valence-electron chi connectivity index (χ2n) is 5.00. The number of hydrogen-bond donors (Lipinski definition) is 1. The van der Waals surface area contributed by atoms with Crippen LogP contribution in [-0.2, 0) is 4.74 Å². The van der Waals surface area contributed by atoms with Crippen LogP contribution in [0.4, 0.5) is 0 Å². The van der Waals surface area contributed by atoms with Gasteiger partial charge in [0, 0.05) is 0 Å². The Morgan fingerprint density at radius 2 is 2.00 bits per heavy atom. The topological polar surface area (TPSA) is 32.8 Å². The molecule has 1 aliphatic heterocycles. The molecule has 0 spiro atoms. The quantitative estimate of drug-likeness (QED) is 0.537. The lowest BCUT2D eigenvalue weighted by Gasteiger charge is -2.36.